The summed E-state index contributed by atoms with van der Waals surface area (Å²) in [6.07, 6.45) is 0. The third-order valence-electron chi connectivity index (χ3n) is 2.34. The Balaban J connectivity index is 2.44. The van der Waals surface area contributed by atoms with E-state index in [1.807, 2.05) is 0 Å². The van der Waals surface area contributed by atoms with Crippen molar-refractivity contribution in [1.29, 1.82) is 0 Å². The number of hydrogen-bond donors (Lipinski definition) is 1. The largest absolute Gasteiger partial charge is 0.453 e. The number of halogens is 3. The zero-order valence-corrected chi connectivity index (χ0v) is 10.3. The molecule has 0 heterocycles. The van der Waals surface area contributed by atoms with Gasteiger partial charge in [0.2, 0.25) is 5.82 Å². The molecular weight excluding hydrogens is 275 g/mol. The Morgan fingerprint density at radius 2 is 1.79 bits per heavy atom. The maximum absolute atomic E-state index is 13.5. The number of nitrogens with two attached hydrogens (primary N) is 1. The Kier molecular flexibility index (Phi) is 3.71. The van der Waals surface area contributed by atoms with Crippen LogP contribution in [0.1, 0.15) is 5.56 Å². The molecule has 2 rings (SSSR count). The van der Waals surface area contributed by atoms with E-state index < -0.39 is 17.5 Å². The van der Waals surface area contributed by atoms with E-state index in [4.69, 9.17) is 22.7 Å². The molecule has 98 valence electrons. The molecule has 0 spiro atoms. The molecule has 0 aliphatic carbocycles. The molecule has 0 radical (unpaired) electrons. The molecule has 6 heteroatoms. The van der Waals surface area contributed by atoms with Crippen LogP contribution in [0.4, 0.5) is 13.2 Å². The molecule has 0 aliphatic heterocycles. The highest BCUT2D eigenvalue weighted by molar-refractivity contribution is 7.80. The molecule has 0 amide bonds. The standard InChI is InChI=1S/C13H8F3NOS/c14-7-4-5-10(8(6-7)13(17)19)18-11-3-1-2-9(15)12(11)16/h1-6H,(H2,17,19). The van der Waals surface area contributed by atoms with Crippen molar-refractivity contribution in [3.63, 3.8) is 0 Å². The molecule has 0 aromatic heterocycles. The second-order valence-electron chi connectivity index (χ2n) is 3.66. The molecule has 0 atom stereocenters. The van der Waals surface area contributed by atoms with Gasteiger partial charge in [-0.1, -0.05) is 18.3 Å². The van der Waals surface area contributed by atoms with Crippen LogP contribution < -0.4 is 10.5 Å². The van der Waals surface area contributed by atoms with Crippen molar-refractivity contribution in [2.24, 2.45) is 5.73 Å². The molecule has 0 saturated carbocycles. The highest BCUT2D eigenvalue weighted by Gasteiger charge is 2.13. The molecule has 0 bridgehead atoms. The molecule has 0 fully saturated rings. The summed E-state index contributed by atoms with van der Waals surface area (Å²) in [7, 11) is 0. The van der Waals surface area contributed by atoms with E-state index in [0.717, 1.165) is 18.2 Å². The third-order valence-corrected chi connectivity index (χ3v) is 2.56. The van der Waals surface area contributed by atoms with E-state index in [2.05, 4.69) is 0 Å². The van der Waals surface area contributed by atoms with Crippen molar-refractivity contribution in [3.05, 3.63) is 59.4 Å². The van der Waals surface area contributed by atoms with Crippen LogP contribution in [0.3, 0.4) is 0 Å². The average molecular weight is 283 g/mol. The quantitative estimate of drug-likeness (QED) is 0.875. The Morgan fingerprint density at radius 3 is 2.47 bits per heavy atom. The van der Waals surface area contributed by atoms with Crippen LogP contribution in [-0.2, 0) is 0 Å². The molecule has 0 aliphatic rings. The van der Waals surface area contributed by atoms with Crippen molar-refractivity contribution < 1.29 is 17.9 Å². The molecule has 2 aromatic carbocycles. The number of hydrogen-bond acceptors (Lipinski definition) is 2. The van der Waals surface area contributed by atoms with Crippen molar-refractivity contribution in [3.8, 4) is 11.5 Å². The maximum Gasteiger partial charge on any atom is 0.201 e. The van der Waals surface area contributed by atoms with E-state index in [-0.39, 0.29) is 22.1 Å². The summed E-state index contributed by atoms with van der Waals surface area (Å²) in [5, 5.41) is 0. The van der Waals surface area contributed by atoms with Crippen LogP contribution in [-0.4, -0.2) is 4.99 Å². The van der Waals surface area contributed by atoms with Crippen molar-refractivity contribution in [2.75, 3.05) is 0 Å². The number of thiocarbonyl (C=S) groups is 1. The van der Waals surface area contributed by atoms with E-state index in [1.165, 1.54) is 18.2 Å². The van der Waals surface area contributed by atoms with Crippen LogP contribution in [0.15, 0.2) is 36.4 Å². The van der Waals surface area contributed by atoms with E-state index in [0.29, 0.717) is 0 Å². The van der Waals surface area contributed by atoms with Gasteiger partial charge in [-0.15, -0.1) is 0 Å². The minimum Gasteiger partial charge on any atom is -0.453 e. The lowest BCUT2D eigenvalue weighted by molar-refractivity contribution is 0.415. The van der Waals surface area contributed by atoms with Gasteiger partial charge in [0.1, 0.15) is 16.6 Å². The van der Waals surface area contributed by atoms with Crippen LogP contribution in [0.25, 0.3) is 0 Å². The minimum atomic E-state index is -1.14. The molecule has 0 saturated heterocycles. The first-order valence-electron chi connectivity index (χ1n) is 5.20. The second-order valence-corrected chi connectivity index (χ2v) is 4.10. The Labute approximate surface area is 112 Å². The highest BCUT2D eigenvalue weighted by atomic mass is 32.1. The lowest BCUT2D eigenvalue weighted by atomic mass is 10.2. The van der Waals surface area contributed by atoms with E-state index >= 15 is 0 Å². The zero-order valence-electron chi connectivity index (χ0n) is 9.49. The van der Waals surface area contributed by atoms with Crippen molar-refractivity contribution >= 4 is 17.2 Å². The topological polar surface area (TPSA) is 35.2 Å². The smallest absolute Gasteiger partial charge is 0.201 e. The van der Waals surface area contributed by atoms with Gasteiger partial charge < -0.3 is 10.5 Å². The third kappa shape index (κ3) is 2.85. The second kappa shape index (κ2) is 5.27. The summed E-state index contributed by atoms with van der Waals surface area (Å²) >= 11 is 4.75. The summed E-state index contributed by atoms with van der Waals surface area (Å²) in [5.74, 6) is -3.02. The van der Waals surface area contributed by atoms with E-state index in [1.54, 1.807) is 0 Å². The van der Waals surface area contributed by atoms with E-state index in [9.17, 15) is 13.2 Å². The fourth-order valence-electron chi connectivity index (χ4n) is 1.47. The highest BCUT2D eigenvalue weighted by Crippen LogP contribution is 2.29. The van der Waals surface area contributed by atoms with Gasteiger partial charge in [-0.3, -0.25) is 0 Å². The predicted molar refractivity (Wildman–Crippen MR) is 68.7 cm³/mol. The fraction of sp³-hybridized carbons (Fsp3) is 0. The first kappa shape index (κ1) is 13.4. The van der Waals surface area contributed by atoms with Crippen LogP contribution in [0, 0.1) is 17.5 Å². The van der Waals surface area contributed by atoms with Gasteiger partial charge in [-0.25, -0.2) is 8.78 Å². The lowest BCUT2D eigenvalue weighted by Crippen LogP contribution is -2.11. The Bertz CT molecular complexity index is 646. The molecule has 0 unspecified atom stereocenters. The van der Waals surface area contributed by atoms with Gasteiger partial charge in [-0.2, -0.15) is 4.39 Å². The minimum absolute atomic E-state index is 0.0541. The predicted octanol–water partition coefficient (Wildman–Crippen LogP) is 3.53. The molecule has 2 aromatic rings. The SMILES string of the molecule is NC(=S)c1cc(F)ccc1Oc1cccc(F)c1F. The molecule has 19 heavy (non-hydrogen) atoms. The van der Waals surface area contributed by atoms with Crippen molar-refractivity contribution in [2.45, 2.75) is 0 Å². The molecular formula is C13H8F3NOS. The molecule has 2 N–H and O–H groups in total. The van der Waals surface area contributed by atoms with Crippen LogP contribution in [0.2, 0.25) is 0 Å². The fourth-order valence-corrected chi connectivity index (χ4v) is 1.62. The summed E-state index contributed by atoms with van der Waals surface area (Å²) < 4.78 is 44.8. The summed E-state index contributed by atoms with van der Waals surface area (Å²) in [6.45, 7) is 0. The summed E-state index contributed by atoms with van der Waals surface area (Å²) in [6, 6.07) is 6.90. The van der Waals surface area contributed by atoms with Gasteiger partial charge in [0, 0.05) is 0 Å². The summed E-state index contributed by atoms with van der Waals surface area (Å²) in [4.78, 5) is -0.105. The normalized spacial score (nSPS) is 10.3. The average Bonchev–Trinajstić information content (AvgIpc) is 2.36. The molecule has 2 nitrogen and oxygen atoms in total. The number of benzene rings is 2. The Hall–Kier alpha value is -2.08. The number of ether oxygens (including phenoxy) is 1. The monoisotopic (exact) mass is 283 g/mol. The van der Waals surface area contributed by atoms with Gasteiger partial charge in [0.15, 0.2) is 11.6 Å². The number of rotatable bonds is 3. The van der Waals surface area contributed by atoms with Gasteiger partial charge in [0.05, 0.1) is 5.56 Å². The zero-order chi connectivity index (χ0) is 14.0. The van der Waals surface area contributed by atoms with Gasteiger partial charge in [-0.05, 0) is 30.3 Å². The Morgan fingerprint density at radius 1 is 1.05 bits per heavy atom. The van der Waals surface area contributed by atoms with Gasteiger partial charge >= 0.3 is 0 Å². The van der Waals surface area contributed by atoms with Gasteiger partial charge in [0.25, 0.3) is 0 Å². The first-order valence-corrected chi connectivity index (χ1v) is 5.61. The first-order chi connectivity index (χ1) is 8.99. The van der Waals surface area contributed by atoms with Crippen LogP contribution in [0.5, 0.6) is 11.5 Å². The lowest BCUT2D eigenvalue weighted by Gasteiger charge is -2.11. The summed E-state index contributed by atoms with van der Waals surface area (Å²) in [5.41, 5.74) is 5.53. The maximum atomic E-state index is 13.5. The van der Waals surface area contributed by atoms with Crippen LogP contribution >= 0.6 is 12.2 Å². The van der Waals surface area contributed by atoms with Crippen molar-refractivity contribution in [1.82, 2.24) is 0 Å².